The molecule has 2 aliphatic rings. The minimum atomic E-state index is -0.0626. The average molecular weight is 423 g/mol. The lowest BCUT2D eigenvalue weighted by Gasteiger charge is -2.32. The van der Waals surface area contributed by atoms with Gasteiger partial charge in [0.15, 0.2) is 6.61 Å². The van der Waals surface area contributed by atoms with Gasteiger partial charge in [0.2, 0.25) is 0 Å². The number of nitrogens with zero attached hydrogens (tertiary/aromatic N) is 2. The Bertz CT molecular complexity index is 962. The molecule has 2 aromatic rings. The number of fused-ring (bicyclic) bond motifs is 1. The number of anilines is 1. The Morgan fingerprint density at radius 2 is 1.77 bits per heavy atom. The predicted molar refractivity (Wildman–Crippen MR) is 120 cm³/mol. The number of hydrogen-bond donors (Lipinski definition) is 0. The van der Waals surface area contributed by atoms with Gasteiger partial charge in [0.25, 0.3) is 11.8 Å². The van der Waals surface area contributed by atoms with Crippen LogP contribution in [0.25, 0.3) is 0 Å². The standard InChI is InChI=1S/C25H30N2O4/c1-4-25(2,3)20-9-10-22-21(15-20)27(23(28)17-31-22)16-18-5-7-19(8-6-18)24(29)26-11-13-30-14-12-26/h5-10,15H,4,11-14,16-17H2,1-3H3. The van der Waals surface area contributed by atoms with E-state index in [1.807, 2.05) is 35.2 Å². The van der Waals surface area contributed by atoms with E-state index in [9.17, 15) is 9.59 Å². The quantitative estimate of drug-likeness (QED) is 0.736. The van der Waals surface area contributed by atoms with Crippen molar-refractivity contribution in [3.8, 4) is 5.75 Å². The molecular weight excluding hydrogens is 392 g/mol. The molecule has 0 bridgehead atoms. The maximum Gasteiger partial charge on any atom is 0.265 e. The monoisotopic (exact) mass is 422 g/mol. The molecule has 0 unspecified atom stereocenters. The Balaban J connectivity index is 1.55. The van der Waals surface area contributed by atoms with E-state index >= 15 is 0 Å². The Labute approximate surface area is 183 Å². The van der Waals surface area contributed by atoms with Crippen molar-refractivity contribution in [1.82, 2.24) is 4.90 Å². The molecule has 0 spiro atoms. The van der Waals surface area contributed by atoms with Gasteiger partial charge in [-0.05, 0) is 47.2 Å². The third-order valence-corrected chi connectivity index (χ3v) is 6.41. The van der Waals surface area contributed by atoms with Crippen LogP contribution in [0.1, 0.15) is 48.7 Å². The fourth-order valence-corrected chi connectivity index (χ4v) is 3.88. The third kappa shape index (κ3) is 4.44. The molecule has 0 saturated carbocycles. The molecule has 0 aromatic heterocycles. The molecule has 31 heavy (non-hydrogen) atoms. The lowest BCUT2D eigenvalue weighted by atomic mass is 9.82. The fraction of sp³-hybridized carbons (Fsp3) is 0.440. The lowest BCUT2D eigenvalue weighted by Crippen LogP contribution is -2.40. The zero-order chi connectivity index (χ0) is 22.0. The highest BCUT2D eigenvalue weighted by Gasteiger charge is 2.28. The van der Waals surface area contributed by atoms with E-state index in [-0.39, 0.29) is 23.8 Å². The zero-order valence-corrected chi connectivity index (χ0v) is 18.5. The Hall–Kier alpha value is -2.86. The van der Waals surface area contributed by atoms with Crippen LogP contribution in [0.2, 0.25) is 0 Å². The number of carbonyl (C=O) groups excluding carboxylic acids is 2. The van der Waals surface area contributed by atoms with Crippen molar-refractivity contribution >= 4 is 17.5 Å². The maximum atomic E-state index is 12.7. The number of hydrogen-bond acceptors (Lipinski definition) is 4. The summed E-state index contributed by atoms with van der Waals surface area (Å²) < 4.78 is 11.0. The van der Waals surface area contributed by atoms with Gasteiger partial charge in [0.1, 0.15) is 5.75 Å². The molecule has 6 heteroatoms. The smallest absolute Gasteiger partial charge is 0.265 e. The number of benzene rings is 2. The Morgan fingerprint density at radius 3 is 2.45 bits per heavy atom. The minimum absolute atomic E-state index is 0.0166. The van der Waals surface area contributed by atoms with Gasteiger partial charge in [-0.1, -0.05) is 39.0 Å². The average Bonchev–Trinajstić information content (AvgIpc) is 2.81. The molecule has 0 aliphatic carbocycles. The van der Waals surface area contributed by atoms with Crippen LogP contribution in [-0.2, 0) is 21.5 Å². The molecule has 0 radical (unpaired) electrons. The molecule has 2 amide bonds. The van der Waals surface area contributed by atoms with E-state index in [1.165, 1.54) is 5.56 Å². The maximum absolute atomic E-state index is 12.7. The molecule has 164 valence electrons. The van der Waals surface area contributed by atoms with Gasteiger partial charge in [-0.25, -0.2) is 0 Å². The molecule has 0 atom stereocenters. The molecule has 2 aliphatic heterocycles. The van der Waals surface area contributed by atoms with Gasteiger partial charge >= 0.3 is 0 Å². The first-order valence-electron chi connectivity index (χ1n) is 10.9. The van der Waals surface area contributed by atoms with Crippen LogP contribution in [0, 0.1) is 0 Å². The van der Waals surface area contributed by atoms with Crippen LogP contribution < -0.4 is 9.64 Å². The highest BCUT2D eigenvalue weighted by molar-refractivity contribution is 5.98. The van der Waals surface area contributed by atoms with Crippen LogP contribution >= 0.6 is 0 Å². The summed E-state index contributed by atoms with van der Waals surface area (Å²) in [5.41, 5.74) is 3.64. The first-order chi connectivity index (χ1) is 14.9. The first kappa shape index (κ1) is 21.4. The SMILES string of the molecule is CCC(C)(C)c1ccc2c(c1)N(Cc1ccc(C(=O)N3CCOCC3)cc1)C(=O)CO2. The van der Waals surface area contributed by atoms with Crippen molar-refractivity contribution in [1.29, 1.82) is 0 Å². The summed E-state index contributed by atoms with van der Waals surface area (Å²) in [5, 5.41) is 0. The van der Waals surface area contributed by atoms with Crippen molar-refractivity contribution in [2.75, 3.05) is 37.8 Å². The predicted octanol–water partition coefficient (Wildman–Crippen LogP) is 3.77. The van der Waals surface area contributed by atoms with E-state index in [1.54, 1.807) is 4.90 Å². The van der Waals surface area contributed by atoms with E-state index in [2.05, 4.69) is 32.9 Å². The Kier molecular flexibility index (Phi) is 6.01. The van der Waals surface area contributed by atoms with Gasteiger partial charge in [-0.3, -0.25) is 9.59 Å². The van der Waals surface area contributed by atoms with E-state index in [0.29, 0.717) is 38.4 Å². The van der Waals surface area contributed by atoms with Crippen molar-refractivity contribution in [2.45, 2.75) is 39.2 Å². The number of amides is 2. The van der Waals surface area contributed by atoms with Crippen LogP contribution in [0.5, 0.6) is 5.75 Å². The van der Waals surface area contributed by atoms with Crippen molar-refractivity contribution < 1.29 is 19.1 Å². The molecule has 2 heterocycles. The largest absolute Gasteiger partial charge is 0.482 e. The molecule has 4 rings (SSSR count). The summed E-state index contributed by atoms with van der Waals surface area (Å²) in [6.07, 6.45) is 0.999. The normalized spacial score (nSPS) is 16.7. The first-order valence-corrected chi connectivity index (χ1v) is 10.9. The summed E-state index contributed by atoms with van der Waals surface area (Å²) in [7, 11) is 0. The van der Waals surface area contributed by atoms with Gasteiger partial charge in [0.05, 0.1) is 25.4 Å². The van der Waals surface area contributed by atoms with Gasteiger partial charge in [0, 0.05) is 18.7 Å². The summed E-state index contributed by atoms with van der Waals surface area (Å²) in [6.45, 7) is 9.46. The summed E-state index contributed by atoms with van der Waals surface area (Å²) in [4.78, 5) is 29.0. The van der Waals surface area contributed by atoms with Gasteiger partial charge < -0.3 is 19.3 Å². The van der Waals surface area contributed by atoms with E-state index in [4.69, 9.17) is 9.47 Å². The molecule has 2 aromatic carbocycles. The summed E-state index contributed by atoms with van der Waals surface area (Å²) in [6, 6.07) is 13.7. The van der Waals surface area contributed by atoms with Crippen molar-refractivity contribution in [3.63, 3.8) is 0 Å². The second kappa shape index (κ2) is 8.71. The molecule has 1 saturated heterocycles. The number of ether oxygens (including phenoxy) is 2. The molecular formula is C25H30N2O4. The highest BCUT2D eigenvalue weighted by atomic mass is 16.5. The molecule has 1 fully saturated rings. The van der Waals surface area contributed by atoms with E-state index < -0.39 is 0 Å². The molecule has 6 nitrogen and oxygen atoms in total. The highest BCUT2D eigenvalue weighted by Crippen LogP contribution is 2.38. The third-order valence-electron chi connectivity index (χ3n) is 6.41. The number of rotatable bonds is 5. The fourth-order valence-electron chi connectivity index (χ4n) is 3.88. The second-order valence-electron chi connectivity index (χ2n) is 8.79. The Morgan fingerprint density at radius 1 is 1.06 bits per heavy atom. The van der Waals surface area contributed by atoms with Crippen LogP contribution in [0.15, 0.2) is 42.5 Å². The minimum Gasteiger partial charge on any atom is -0.482 e. The van der Waals surface area contributed by atoms with Crippen LogP contribution in [0.3, 0.4) is 0 Å². The number of carbonyl (C=O) groups is 2. The lowest BCUT2D eigenvalue weighted by molar-refractivity contribution is -0.121. The van der Waals surface area contributed by atoms with Gasteiger partial charge in [-0.15, -0.1) is 0 Å². The van der Waals surface area contributed by atoms with E-state index in [0.717, 1.165) is 23.4 Å². The van der Waals surface area contributed by atoms with Crippen molar-refractivity contribution in [3.05, 3.63) is 59.2 Å². The van der Waals surface area contributed by atoms with Crippen LogP contribution in [0.4, 0.5) is 5.69 Å². The van der Waals surface area contributed by atoms with Crippen molar-refractivity contribution in [2.24, 2.45) is 0 Å². The van der Waals surface area contributed by atoms with Gasteiger partial charge in [-0.2, -0.15) is 0 Å². The van der Waals surface area contributed by atoms with Crippen LogP contribution in [-0.4, -0.2) is 49.6 Å². The molecule has 0 N–H and O–H groups in total. The topological polar surface area (TPSA) is 59.1 Å². The summed E-state index contributed by atoms with van der Waals surface area (Å²) >= 11 is 0. The summed E-state index contributed by atoms with van der Waals surface area (Å²) in [5.74, 6) is 0.691. The zero-order valence-electron chi connectivity index (χ0n) is 18.5. The second-order valence-corrected chi connectivity index (χ2v) is 8.79. The number of morpholine rings is 1.